The summed E-state index contributed by atoms with van der Waals surface area (Å²) < 4.78 is 12.7. The number of pyridine rings is 2. The molecule has 0 atom stereocenters. The molecule has 182 valence electrons. The Hall–Kier alpha value is -3.85. The second kappa shape index (κ2) is 9.07. The van der Waals surface area contributed by atoms with E-state index in [1.165, 1.54) is 4.90 Å². The Morgan fingerprint density at radius 2 is 2.00 bits per heavy atom. The van der Waals surface area contributed by atoms with E-state index < -0.39 is 11.6 Å². The number of hydrogen-bond acceptors (Lipinski definition) is 6. The normalized spacial score (nSPS) is 15.6. The van der Waals surface area contributed by atoms with Crippen LogP contribution in [0.15, 0.2) is 54.9 Å². The highest BCUT2D eigenvalue weighted by Crippen LogP contribution is 2.32. The van der Waals surface area contributed by atoms with Gasteiger partial charge in [0.05, 0.1) is 40.9 Å². The van der Waals surface area contributed by atoms with Crippen molar-refractivity contribution in [3.05, 3.63) is 54.9 Å². The number of piperazine rings is 1. The summed E-state index contributed by atoms with van der Waals surface area (Å²) in [6.45, 7) is 6.57. The predicted molar refractivity (Wildman–Crippen MR) is 134 cm³/mol. The number of methoxy groups -OCH3 is 1. The number of amides is 1. The fourth-order valence-corrected chi connectivity index (χ4v) is 4.73. The fourth-order valence-electron chi connectivity index (χ4n) is 4.73. The Bertz CT molecular complexity index is 1380. The summed E-state index contributed by atoms with van der Waals surface area (Å²) in [7, 11) is 1.65. The molecule has 0 aliphatic carbocycles. The molecule has 1 amide bonds. The summed E-state index contributed by atoms with van der Waals surface area (Å²) in [6.07, 6.45) is 2.87. The Balaban J connectivity index is 1.49. The molecule has 0 unspecified atom stereocenters. The van der Waals surface area contributed by atoms with Crippen LogP contribution >= 0.6 is 0 Å². The predicted octanol–water partition coefficient (Wildman–Crippen LogP) is 4.15. The summed E-state index contributed by atoms with van der Waals surface area (Å²) in [4.78, 5) is 25.0. The van der Waals surface area contributed by atoms with E-state index in [9.17, 15) is 9.90 Å². The molecule has 1 aliphatic rings. The van der Waals surface area contributed by atoms with Crippen molar-refractivity contribution in [3.8, 4) is 17.1 Å². The minimum absolute atomic E-state index is 0.445. The first kappa shape index (κ1) is 22.9. The van der Waals surface area contributed by atoms with Crippen LogP contribution in [0.3, 0.4) is 0 Å². The molecule has 4 heterocycles. The number of nitrogens with zero attached hydrogens (tertiary/aromatic N) is 5. The lowest BCUT2D eigenvalue weighted by Crippen LogP contribution is -2.61. The Morgan fingerprint density at radius 1 is 1.14 bits per heavy atom. The SMILES string of the molecule is COCCOc1ccn2c(-c3ccc4cccc(N5CCN(C(=O)O)C(C)(C)C5)c4n3)cnc2c1. The molecule has 1 N–H and O–H groups in total. The van der Waals surface area contributed by atoms with Crippen molar-refractivity contribution in [1.82, 2.24) is 19.3 Å². The fraction of sp³-hybridized carbons (Fsp3) is 0.346. The third kappa shape index (κ3) is 4.35. The van der Waals surface area contributed by atoms with Gasteiger partial charge in [-0.3, -0.25) is 9.30 Å². The van der Waals surface area contributed by atoms with Crippen LogP contribution in [0.5, 0.6) is 5.75 Å². The van der Waals surface area contributed by atoms with Gasteiger partial charge in [0.15, 0.2) is 0 Å². The third-order valence-electron chi connectivity index (χ3n) is 6.48. The van der Waals surface area contributed by atoms with Gasteiger partial charge in [0.1, 0.15) is 18.0 Å². The lowest BCUT2D eigenvalue weighted by molar-refractivity contribution is 0.0846. The van der Waals surface area contributed by atoms with E-state index in [1.54, 1.807) is 7.11 Å². The summed E-state index contributed by atoms with van der Waals surface area (Å²) >= 11 is 0. The molecular weight excluding hydrogens is 446 g/mol. The first-order chi connectivity index (χ1) is 16.9. The first-order valence-corrected chi connectivity index (χ1v) is 11.6. The van der Waals surface area contributed by atoms with E-state index >= 15 is 0 Å². The zero-order valence-electron chi connectivity index (χ0n) is 20.1. The quantitative estimate of drug-likeness (QED) is 0.419. The van der Waals surface area contributed by atoms with Crippen molar-refractivity contribution >= 4 is 28.3 Å². The Morgan fingerprint density at radius 3 is 2.77 bits per heavy atom. The lowest BCUT2D eigenvalue weighted by atomic mass is 9.98. The van der Waals surface area contributed by atoms with Crippen LogP contribution < -0.4 is 9.64 Å². The van der Waals surface area contributed by atoms with E-state index in [-0.39, 0.29) is 0 Å². The standard InChI is InChI=1S/C26H29N5O4/c1-26(2)17-29(11-12-31(26)25(32)33)21-6-4-5-18-7-8-20(28-24(18)21)22-16-27-23-15-19(9-10-30(22)23)35-14-13-34-3/h4-10,15-16H,11-14,17H2,1-3H3,(H,32,33). The Labute approximate surface area is 203 Å². The van der Waals surface area contributed by atoms with Gasteiger partial charge in [-0.1, -0.05) is 18.2 Å². The van der Waals surface area contributed by atoms with E-state index in [0.717, 1.165) is 39.4 Å². The highest BCUT2D eigenvalue weighted by Gasteiger charge is 2.37. The molecule has 9 heteroatoms. The minimum atomic E-state index is -0.882. The maximum absolute atomic E-state index is 11.7. The molecule has 4 aromatic rings. The van der Waals surface area contributed by atoms with Crippen LogP contribution in [0, 0.1) is 0 Å². The van der Waals surface area contributed by atoms with Gasteiger partial charge in [-0.05, 0) is 32.0 Å². The summed E-state index contributed by atoms with van der Waals surface area (Å²) in [6, 6.07) is 14.0. The molecule has 35 heavy (non-hydrogen) atoms. The van der Waals surface area contributed by atoms with Gasteiger partial charge < -0.3 is 19.5 Å². The number of aromatic nitrogens is 3. The van der Waals surface area contributed by atoms with Crippen LogP contribution in [0.25, 0.3) is 27.9 Å². The largest absolute Gasteiger partial charge is 0.491 e. The van der Waals surface area contributed by atoms with Crippen LogP contribution in [-0.2, 0) is 4.74 Å². The highest BCUT2D eigenvalue weighted by atomic mass is 16.5. The molecular formula is C26H29N5O4. The van der Waals surface area contributed by atoms with Gasteiger partial charge >= 0.3 is 6.09 Å². The number of imidazole rings is 1. The van der Waals surface area contributed by atoms with Crippen LogP contribution in [0.2, 0.25) is 0 Å². The number of para-hydroxylation sites is 1. The number of benzene rings is 1. The molecule has 0 spiro atoms. The zero-order valence-corrected chi connectivity index (χ0v) is 20.1. The second-order valence-corrected chi connectivity index (χ2v) is 9.29. The van der Waals surface area contributed by atoms with Crippen molar-refractivity contribution in [1.29, 1.82) is 0 Å². The summed E-state index contributed by atoms with van der Waals surface area (Å²) in [5.74, 6) is 0.739. The molecule has 1 fully saturated rings. The number of carboxylic acid groups (broad SMARTS) is 1. The van der Waals surface area contributed by atoms with E-state index in [0.29, 0.717) is 32.8 Å². The number of rotatable bonds is 6. The zero-order chi connectivity index (χ0) is 24.6. The smallest absolute Gasteiger partial charge is 0.407 e. The molecule has 3 aromatic heterocycles. The number of carbonyl (C=O) groups is 1. The topological polar surface area (TPSA) is 92.4 Å². The summed E-state index contributed by atoms with van der Waals surface area (Å²) in [5, 5.41) is 10.6. The van der Waals surface area contributed by atoms with E-state index in [1.807, 2.05) is 61.0 Å². The van der Waals surface area contributed by atoms with Crippen LogP contribution in [-0.4, -0.2) is 76.0 Å². The average Bonchev–Trinajstić information content (AvgIpc) is 3.26. The second-order valence-electron chi connectivity index (χ2n) is 9.29. The molecule has 0 saturated carbocycles. The van der Waals surface area contributed by atoms with Crippen molar-refractivity contribution in [2.24, 2.45) is 0 Å². The maximum Gasteiger partial charge on any atom is 0.407 e. The summed E-state index contributed by atoms with van der Waals surface area (Å²) in [5.41, 5.74) is 3.86. The van der Waals surface area contributed by atoms with Gasteiger partial charge in [0, 0.05) is 44.4 Å². The van der Waals surface area contributed by atoms with Crippen LogP contribution in [0.4, 0.5) is 10.5 Å². The average molecular weight is 476 g/mol. The monoisotopic (exact) mass is 475 g/mol. The molecule has 5 rings (SSSR count). The van der Waals surface area contributed by atoms with Gasteiger partial charge in [-0.2, -0.15) is 0 Å². The van der Waals surface area contributed by atoms with Crippen molar-refractivity contribution in [2.75, 3.05) is 44.9 Å². The number of fused-ring (bicyclic) bond motifs is 2. The molecule has 0 radical (unpaired) electrons. The van der Waals surface area contributed by atoms with Crippen molar-refractivity contribution in [3.63, 3.8) is 0 Å². The van der Waals surface area contributed by atoms with Crippen LogP contribution in [0.1, 0.15) is 13.8 Å². The molecule has 0 bridgehead atoms. The van der Waals surface area contributed by atoms with Gasteiger partial charge in [0.2, 0.25) is 0 Å². The van der Waals surface area contributed by atoms with Crippen molar-refractivity contribution in [2.45, 2.75) is 19.4 Å². The number of anilines is 1. The van der Waals surface area contributed by atoms with Crippen molar-refractivity contribution < 1.29 is 19.4 Å². The minimum Gasteiger partial charge on any atom is -0.491 e. The number of hydrogen-bond donors (Lipinski definition) is 1. The molecule has 9 nitrogen and oxygen atoms in total. The van der Waals surface area contributed by atoms with Gasteiger partial charge in [-0.25, -0.2) is 14.8 Å². The van der Waals surface area contributed by atoms with Gasteiger partial charge in [0.25, 0.3) is 0 Å². The van der Waals surface area contributed by atoms with E-state index in [4.69, 9.17) is 14.5 Å². The Kier molecular flexibility index (Phi) is 5.94. The van der Waals surface area contributed by atoms with Gasteiger partial charge in [-0.15, -0.1) is 0 Å². The molecule has 1 aliphatic heterocycles. The lowest BCUT2D eigenvalue weighted by Gasteiger charge is -2.46. The maximum atomic E-state index is 11.7. The van der Waals surface area contributed by atoms with E-state index in [2.05, 4.69) is 22.0 Å². The third-order valence-corrected chi connectivity index (χ3v) is 6.48. The molecule has 1 saturated heterocycles. The molecule has 1 aromatic carbocycles. The first-order valence-electron chi connectivity index (χ1n) is 11.6. The number of ether oxygens (including phenoxy) is 2. The highest BCUT2D eigenvalue weighted by molar-refractivity contribution is 5.92.